The topological polar surface area (TPSA) is 53.6 Å². The third-order valence-corrected chi connectivity index (χ3v) is 4.98. The number of nitrogens with one attached hydrogen (secondary N) is 2. The van der Waals surface area contributed by atoms with Gasteiger partial charge in [-0.15, -0.1) is 0 Å². The van der Waals surface area contributed by atoms with Gasteiger partial charge in [-0.1, -0.05) is 24.3 Å². The van der Waals surface area contributed by atoms with E-state index in [0.29, 0.717) is 6.54 Å². The summed E-state index contributed by atoms with van der Waals surface area (Å²) in [6.07, 6.45) is 2.39. The second-order valence-corrected chi connectivity index (χ2v) is 7.11. The van der Waals surface area contributed by atoms with Gasteiger partial charge >= 0.3 is 0 Å². The Hall–Kier alpha value is -2.37. The van der Waals surface area contributed by atoms with Gasteiger partial charge in [0.15, 0.2) is 0 Å². The summed E-state index contributed by atoms with van der Waals surface area (Å²) < 4.78 is 5.30. The summed E-state index contributed by atoms with van der Waals surface area (Å²) in [5, 5.41) is 6.55. The average Bonchev–Trinajstić information content (AvgIpc) is 3.19. The number of methoxy groups -OCH3 is 1. The molecule has 0 unspecified atom stereocenters. The van der Waals surface area contributed by atoms with Crippen LogP contribution < -0.4 is 15.4 Å². The number of likely N-dealkylation sites (tertiary alicyclic amines) is 1. The molecule has 27 heavy (non-hydrogen) atoms. The molecule has 144 valence electrons. The van der Waals surface area contributed by atoms with E-state index >= 15 is 0 Å². The first-order valence-corrected chi connectivity index (χ1v) is 9.62. The van der Waals surface area contributed by atoms with Crippen molar-refractivity contribution in [3.63, 3.8) is 0 Å². The van der Waals surface area contributed by atoms with Gasteiger partial charge in [0.25, 0.3) is 0 Å². The van der Waals surface area contributed by atoms with Gasteiger partial charge in [-0.05, 0) is 68.2 Å². The summed E-state index contributed by atoms with van der Waals surface area (Å²) >= 11 is 0. The molecule has 1 heterocycles. The van der Waals surface area contributed by atoms with Crippen LogP contribution in [0.5, 0.6) is 5.75 Å². The van der Waals surface area contributed by atoms with Crippen LogP contribution in [0.2, 0.25) is 0 Å². The highest BCUT2D eigenvalue weighted by molar-refractivity contribution is 5.92. The van der Waals surface area contributed by atoms with Crippen molar-refractivity contribution in [1.29, 1.82) is 0 Å². The zero-order valence-corrected chi connectivity index (χ0v) is 16.2. The van der Waals surface area contributed by atoms with Gasteiger partial charge in [-0.25, -0.2) is 0 Å². The summed E-state index contributed by atoms with van der Waals surface area (Å²) in [5.41, 5.74) is 3.18. The number of carbonyl (C=O) groups excluding carboxylic acids is 1. The Labute approximate surface area is 161 Å². The molecule has 1 amide bonds. The van der Waals surface area contributed by atoms with Crippen molar-refractivity contribution in [1.82, 2.24) is 10.2 Å². The van der Waals surface area contributed by atoms with Gasteiger partial charge in [-0.3, -0.25) is 9.69 Å². The number of carbonyl (C=O) groups is 1. The standard InChI is InChI=1S/C22H29N3O2/c1-17(19-8-6-10-21(14-19)27-2)23-15-18-7-5-9-20(13-18)24-22(26)16-25-11-3-4-12-25/h5-10,13-14,17,23H,3-4,11-12,15-16H2,1-2H3,(H,24,26)/t17-/m0/s1. The van der Waals surface area contributed by atoms with Gasteiger partial charge < -0.3 is 15.4 Å². The minimum absolute atomic E-state index is 0.0618. The fraction of sp³-hybridized carbons (Fsp3) is 0.409. The molecule has 1 aliphatic heterocycles. The summed E-state index contributed by atoms with van der Waals surface area (Å²) in [6.45, 7) is 5.40. The highest BCUT2D eigenvalue weighted by atomic mass is 16.5. The number of nitrogens with zero attached hydrogens (tertiary/aromatic N) is 1. The minimum Gasteiger partial charge on any atom is -0.497 e. The Morgan fingerprint density at radius 3 is 2.70 bits per heavy atom. The van der Waals surface area contributed by atoms with E-state index < -0.39 is 0 Å². The highest BCUT2D eigenvalue weighted by Gasteiger charge is 2.15. The predicted octanol–water partition coefficient (Wildman–Crippen LogP) is 3.58. The fourth-order valence-electron chi connectivity index (χ4n) is 3.40. The molecule has 1 aliphatic rings. The molecule has 0 aliphatic carbocycles. The van der Waals surface area contributed by atoms with E-state index in [4.69, 9.17) is 4.74 Å². The smallest absolute Gasteiger partial charge is 0.238 e. The number of rotatable bonds is 8. The lowest BCUT2D eigenvalue weighted by Gasteiger charge is -2.16. The van der Waals surface area contributed by atoms with E-state index in [0.717, 1.165) is 36.6 Å². The van der Waals surface area contributed by atoms with Crippen molar-refractivity contribution in [2.75, 3.05) is 32.1 Å². The van der Waals surface area contributed by atoms with Gasteiger partial charge in [0, 0.05) is 18.3 Å². The maximum absolute atomic E-state index is 12.2. The number of benzene rings is 2. The molecule has 0 radical (unpaired) electrons. The van der Waals surface area contributed by atoms with E-state index in [9.17, 15) is 4.79 Å². The van der Waals surface area contributed by atoms with Crippen LogP contribution in [-0.4, -0.2) is 37.6 Å². The van der Waals surface area contributed by atoms with Crippen molar-refractivity contribution >= 4 is 11.6 Å². The Balaban J connectivity index is 1.53. The van der Waals surface area contributed by atoms with Crippen molar-refractivity contribution < 1.29 is 9.53 Å². The monoisotopic (exact) mass is 367 g/mol. The maximum Gasteiger partial charge on any atom is 0.238 e. The van der Waals surface area contributed by atoms with Crippen molar-refractivity contribution in [3.05, 3.63) is 59.7 Å². The predicted molar refractivity (Wildman–Crippen MR) is 109 cm³/mol. The van der Waals surface area contributed by atoms with Crippen LogP contribution in [0.25, 0.3) is 0 Å². The van der Waals surface area contributed by atoms with Crippen molar-refractivity contribution in [3.8, 4) is 5.75 Å². The largest absolute Gasteiger partial charge is 0.497 e. The van der Waals surface area contributed by atoms with Gasteiger partial charge in [0.1, 0.15) is 5.75 Å². The van der Waals surface area contributed by atoms with Crippen LogP contribution in [0.15, 0.2) is 48.5 Å². The van der Waals surface area contributed by atoms with E-state index in [2.05, 4.69) is 34.6 Å². The van der Waals surface area contributed by atoms with Crippen LogP contribution in [0, 0.1) is 0 Å². The zero-order chi connectivity index (χ0) is 19.1. The first kappa shape index (κ1) is 19.4. The van der Waals surface area contributed by atoms with E-state index in [1.165, 1.54) is 18.4 Å². The molecule has 1 saturated heterocycles. The number of amides is 1. The summed E-state index contributed by atoms with van der Waals surface area (Å²) in [4.78, 5) is 14.4. The Morgan fingerprint density at radius 1 is 1.15 bits per heavy atom. The lowest BCUT2D eigenvalue weighted by Crippen LogP contribution is -2.30. The van der Waals surface area contributed by atoms with Gasteiger partial charge in [0.2, 0.25) is 5.91 Å². The third kappa shape index (κ3) is 5.81. The van der Waals surface area contributed by atoms with E-state index in [1.807, 2.05) is 36.4 Å². The molecule has 0 bridgehead atoms. The molecule has 2 aromatic carbocycles. The van der Waals surface area contributed by atoms with Crippen LogP contribution in [-0.2, 0) is 11.3 Å². The second kappa shape index (κ2) is 9.53. The van der Waals surface area contributed by atoms with E-state index in [1.54, 1.807) is 7.11 Å². The summed E-state index contributed by atoms with van der Waals surface area (Å²) in [5.74, 6) is 0.926. The molecule has 1 atom stereocenters. The SMILES string of the molecule is COc1cccc([C@H](C)NCc2cccc(NC(=O)CN3CCCC3)c2)c1. The summed E-state index contributed by atoms with van der Waals surface area (Å²) in [6, 6.07) is 16.3. The fourth-order valence-corrected chi connectivity index (χ4v) is 3.40. The molecule has 3 rings (SSSR count). The van der Waals surface area contributed by atoms with Crippen LogP contribution in [0.1, 0.15) is 36.9 Å². The summed E-state index contributed by atoms with van der Waals surface area (Å²) in [7, 11) is 1.68. The molecule has 2 aromatic rings. The number of anilines is 1. The highest BCUT2D eigenvalue weighted by Crippen LogP contribution is 2.19. The van der Waals surface area contributed by atoms with Crippen LogP contribution in [0.3, 0.4) is 0 Å². The molecule has 2 N–H and O–H groups in total. The first-order chi connectivity index (χ1) is 13.1. The molecule has 1 fully saturated rings. The lowest BCUT2D eigenvalue weighted by atomic mass is 10.1. The Morgan fingerprint density at radius 2 is 1.93 bits per heavy atom. The normalized spacial score (nSPS) is 15.5. The third-order valence-electron chi connectivity index (χ3n) is 4.98. The van der Waals surface area contributed by atoms with Crippen LogP contribution in [0.4, 0.5) is 5.69 Å². The second-order valence-electron chi connectivity index (χ2n) is 7.11. The quantitative estimate of drug-likeness (QED) is 0.749. The van der Waals surface area contributed by atoms with Gasteiger partial charge in [0.05, 0.1) is 13.7 Å². The molecule has 5 heteroatoms. The molecular formula is C22H29N3O2. The molecule has 0 aromatic heterocycles. The minimum atomic E-state index is 0.0618. The molecule has 5 nitrogen and oxygen atoms in total. The van der Waals surface area contributed by atoms with E-state index in [-0.39, 0.29) is 11.9 Å². The van der Waals surface area contributed by atoms with Gasteiger partial charge in [-0.2, -0.15) is 0 Å². The Bertz CT molecular complexity index is 757. The average molecular weight is 367 g/mol. The number of hydrogen-bond donors (Lipinski definition) is 2. The molecule has 0 spiro atoms. The number of hydrogen-bond acceptors (Lipinski definition) is 4. The Kier molecular flexibility index (Phi) is 6.85. The van der Waals surface area contributed by atoms with Crippen molar-refractivity contribution in [2.45, 2.75) is 32.4 Å². The van der Waals surface area contributed by atoms with Crippen LogP contribution >= 0.6 is 0 Å². The molecular weight excluding hydrogens is 338 g/mol. The lowest BCUT2D eigenvalue weighted by molar-refractivity contribution is -0.117. The zero-order valence-electron chi connectivity index (χ0n) is 16.2. The molecule has 0 saturated carbocycles. The number of ether oxygens (including phenoxy) is 1. The maximum atomic E-state index is 12.2. The van der Waals surface area contributed by atoms with Crippen molar-refractivity contribution in [2.24, 2.45) is 0 Å². The first-order valence-electron chi connectivity index (χ1n) is 9.62.